The van der Waals surface area contributed by atoms with Crippen LogP contribution in [0.1, 0.15) is 0 Å². The molecule has 33 heavy (non-hydrogen) atoms. The summed E-state index contributed by atoms with van der Waals surface area (Å²) in [7, 11) is 0. The number of imidazole rings is 1. The number of aromatic nitrogens is 2. The predicted molar refractivity (Wildman–Crippen MR) is 116 cm³/mol. The molecule has 0 spiro atoms. The highest BCUT2D eigenvalue weighted by Gasteiger charge is 2.32. The van der Waals surface area contributed by atoms with Gasteiger partial charge in [-0.15, -0.1) is 13.2 Å². The Kier molecular flexibility index (Phi) is 6.30. The van der Waals surface area contributed by atoms with Crippen molar-refractivity contribution >= 4 is 11.6 Å². The smallest absolute Gasteiger partial charge is 0.484 e. The molecule has 0 aliphatic rings. The third-order valence-corrected chi connectivity index (χ3v) is 4.59. The van der Waals surface area contributed by atoms with Crippen molar-refractivity contribution in [2.24, 2.45) is 0 Å². The predicted octanol–water partition coefficient (Wildman–Crippen LogP) is 5.46. The number of amides is 1. The molecule has 0 radical (unpaired) electrons. The van der Waals surface area contributed by atoms with E-state index in [9.17, 15) is 18.0 Å². The van der Waals surface area contributed by atoms with Gasteiger partial charge in [-0.1, -0.05) is 42.5 Å². The van der Waals surface area contributed by atoms with Gasteiger partial charge in [0.1, 0.15) is 5.75 Å². The molecular weight excluding hydrogens is 435 g/mol. The van der Waals surface area contributed by atoms with Gasteiger partial charge in [-0.3, -0.25) is 4.79 Å². The second kappa shape index (κ2) is 9.47. The molecule has 1 amide bonds. The Labute approximate surface area is 187 Å². The zero-order chi connectivity index (χ0) is 23.3. The second-order valence-electron chi connectivity index (χ2n) is 6.93. The summed E-state index contributed by atoms with van der Waals surface area (Å²) in [4.78, 5) is 16.1. The monoisotopic (exact) mass is 453 g/mol. The van der Waals surface area contributed by atoms with Gasteiger partial charge < -0.3 is 19.4 Å². The van der Waals surface area contributed by atoms with Crippen molar-refractivity contribution in [3.8, 4) is 28.3 Å². The van der Waals surface area contributed by atoms with Crippen LogP contribution in [0.5, 0.6) is 11.5 Å². The number of benzene rings is 3. The zero-order valence-corrected chi connectivity index (χ0v) is 17.1. The van der Waals surface area contributed by atoms with Gasteiger partial charge in [0.2, 0.25) is 0 Å². The van der Waals surface area contributed by atoms with Gasteiger partial charge in [-0.25, -0.2) is 4.98 Å². The minimum Gasteiger partial charge on any atom is -0.484 e. The Balaban J connectivity index is 1.40. The first-order valence-corrected chi connectivity index (χ1v) is 9.84. The van der Waals surface area contributed by atoms with Crippen LogP contribution in [0.25, 0.3) is 16.8 Å². The van der Waals surface area contributed by atoms with Crippen LogP contribution in [-0.2, 0) is 4.79 Å². The number of alkyl halides is 3. The van der Waals surface area contributed by atoms with Gasteiger partial charge in [0.25, 0.3) is 5.91 Å². The number of ether oxygens (including phenoxy) is 2. The molecule has 0 aliphatic carbocycles. The van der Waals surface area contributed by atoms with Crippen molar-refractivity contribution in [1.29, 1.82) is 0 Å². The van der Waals surface area contributed by atoms with Crippen molar-refractivity contribution < 1.29 is 27.4 Å². The number of anilines is 1. The molecule has 0 bridgehead atoms. The normalized spacial score (nSPS) is 11.1. The van der Waals surface area contributed by atoms with E-state index >= 15 is 0 Å². The number of rotatable bonds is 7. The molecular formula is C24H18F3N3O3. The average Bonchev–Trinajstić information content (AvgIpc) is 3.33. The van der Waals surface area contributed by atoms with E-state index in [4.69, 9.17) is 4.74 Å². The molecule has 3 aromatic carbocycles. The van der Waals surface area contributed by atoms with Crippen LogP contribution in [0, 0.1) is 0 Å². The number of nitrogens with one attached hydrogen (secondary N) is 1. The summed E-state index contributed by atoms with van der Waals surface area (Å²) in [6.07, 6.45) is -0.638. The molecule has 168 valence electrons. The SMILES string of the molecule is O=C(COc1ccc(-n2ccnc2)c(OC(F)(F)F)c1)Nc1ccc(-c2ccccc2)cc1. The topological polar surface area (TPSA) is 65.4 Å². The van der Waals surface area contributed by atoms with Crippen LogP contribution in [-0.4, -0.2) is 28.4 Å². The van der Waals surface area contributed by atoms with Gasteiger partial charge in [0, 0.05) is 24.1 Å². The van der Waals surface area contributed by atoms with E-state index in [1.807, 2.05) is 42.5 Å². The Hall–Kier alpha value is -4.27. The summed E-state index contributed by atoms with van der Waals surface area (Å²) in [6, 6.07) is 21.0. The van der Waals surface area contributed by atoms with Gasteiger partial charge in [-0.2, -0.15) is 0 Å². The number of hydrogen-bond acceptors (Lipinski definition) is 4. The molecule has 4 aromatic rings. The van der Waals surface area contributed by atoms with Crippen LogP contribution in [0.4, 0.5) is 18.9 Å². The minimum absolute atomic E-state index is 0.0488. The highest BCUT2D eigenvalue weighted by atomic mass is 19.4. The third kappa shape index (κ3) is 5.91. The van der Waals surface area contributed by atoms with Crippen LogP contribution in [0.2, 0.25) is 0 Å². The van der Waals surface area contributed by atoms with Crippen LogP contribution in [0.3, 0.4) is 0 Å². The molecule has 0 aliphatic heterocycles. The van der Waals surface area contributed by atoms with Crippen molar-refractivity contribution in [2.45, 2.75) is 6.36 Å². The quantitative estimate of drug-likeness (QED) is 0.404. The van der Waals surface area contributed by atoms with Gasteiger partial charge in [-0.05, 0) is 35.4 Å². The van der Waals surface area contributed by atoms with E-state index in [0.29, 0.717) is 5.69 Å². The maximum absolute atomic E-state index is 12.8. The number of carbonyl (C=O) groups is 1. The molecule has 1 aromatic heterocycles. The maximum Gasteiger partial charge on any atom is 0.573 e. The van der Waals surface area contributed by atoms with Gasteiger partial charge in [0.15, 0.2) is 12.4 Å². The standard InChI is InChI=1S/C24H18F3N3O3/c25-24(26,27)33-22-14-20(10-11-21(22)30-13-12-28-16-30)32-15-23(31)29-19-8-6-18(7-9-19)17-4-2-1-3-5-17/h1-14,16H,15H2,(H,29,31). The number of halogens is 3. The van der Waals surface area contributed by atoms with E-state index in [1.54, 1.807) is 12.1 Å². The number of hydrogen-bond donors (Lipinski definition) is 1. The molecule has 0 saturated carbocycles. The van der Waals surface area contributed by atoms with E-state index in [2.05, 4.69) is 15.0 Å². The van der Waals surface area contributed by atoms with Gasteiger partial charge in [0.05, 0.1) is 12.0 Å². The lowest BCUT2D eigenvalue weighted by atomic mass is 10.1. The molecule has 0 atom stereocenters. The number of carbonyl (C=O) groups excluding carboxylic acids is 1. The van der Waals surface area contributed by atoms with Crippen molar-refractivity contribution in [3.05, 3.63) is 91.5 Å². The summed E-state index contributed by atoms with van der Waals surface area (Å²) in [5, 5.41) is 2.69. The highest BCUT2D eigenvalue weighted by molar-refractivity contribution is 5.92. The Bertz CT molecular complexity index is 1210. The molecule has 4 rings (SSSR count). The summed E-state index contributed by atoms with van der Waals surface area (Å²) in [5.74, 6) is -0.887. The van der Waals surface area contributed by atoms with E-state index in [0.717, 1.165) is 17.2 Å². The average molecular weight is 453 g/mol. The van der Waals surface area contributed by atoms with E-state index in [1.165, 1.54) is 35.4 Å². The molecule has 1 N–H and O–H groups in total. The first-order chi connectivity index (χ1) is 15.9. The Morgan fingerprint density at radius 3 is 2.36 bits per heavy atom. The van der Waals surface area contributed by atoms with Crippen LogP contribution in [0.15, 0.2) is 91.5 Å². The minimum atomic E-state index is -4.89. The number of nitrogens with zero attached hydrogens (tertiary/aromatic N) is 2. The summed E-state index contributed by atoms with van der Waals surface area (Å²) < 4.78 is 49.4. The van der Waals surface area contributed by atoms with Crippen molar-refractivity contribution in [3.63, 3.8) is 0 Å². The van der Waals surface area contributed by atoms with E-state index < -0.39 is 24.6 Å². The fourth-order valence-electron chi connectivity index (χ4n) is 3.13. The van der Waals surface area contributed by atoms with Crippen molar-refractivity contribution in [2.75, 3.05) is 11.9 Å². The molecule has 0 unspecified atom stereocenters. The Morgan fingerprint density at radius 1 is 0.970 bits per heavy atom. The molecule has 6 nitrogen and oxygen atoms in total. The maximum atomic E-state index is 12.8. The van der Waals surface area contributed by atoms with Gasteiger partial charge >= 0.3 is 6.36 Å². The van der Waals surface area contributed by atoms with E-state index in [-0.39, 0.29) is 11.4 Å². The highest BCUT2D eigenvalue weighted by Crippen LogP contribution is 2.32. The molecule has 0 fully saturated rings. The lowest BCUT2D eigenvalue weighted by Gasteiger charge is -2.15. The first kappa shape index (κ1) is 21.9. The summed E-state index contributed by atoms with van der Waals surface area (Å²) in [6.45, 7) is -0.393. The molecule has 1 heterocycles. The largest absolute Gasteiger partial charge is 0.573 e. The Morgan fingerprint density at radius 2 is 1.70 bits per heavy atom. The summed E-state index contributed by atoms with van der Waals surface area (Å²) >= 11 is 0. The zero-order valence-electron chi connectivity index (χ0n) is 17.1. The van der Waals surface area contributed by atoms with Crippen LogP contribution >= 0.6 is 0 Å². The van der Waals surface area contributed by atoms with Crippen LogP contribution < -0.4 is 14.8 Å². The molecule has 9 heteroatoms. The fourth-order valence-corrected chi connectivity index (χ4v) is 3.13. The first-order valence-electron chi connectivity index (χ1n) is 9.84. The fraction of sp³-hybridized carbons (Fsp3) is 0.0833. The third-order valence-electron chi connectivity index (χ3n) is 4.59. The molecule has 0 saturated heterocycles. The lowest BCUT2D eigenvalue weighted by Crippen LogP contribution is -2.20. The summed E-state index contributed by atoms with van der Waals surface area (Å²) in [5.41, 5.74) is 2.75. The lowest BCUT2D eigenvalue weighted by molar-refractivity contribution is -0.274. The second-order valence-corrected chi connectivity index (χ2v) is 6.93. The van der Waals surface area contributed by atoms with Crippen molar-refractivity contribution in [1.82, 2.24) is 9.55 Å².